The minimum atomic E-state index is 0.177. The molecule has 15 heavy (non-hydrogen) atoms. The lowest BCUT2D eigenvalue weighted by Crippen LogP contribution is -2.21. The van der Waals surface area contributed by atoms with Crippen molar-refractivity contribution in [1.82, 2.24) is 0 Å². The van der Waals surface area contributed by atoms with Crippen molar-refractivity contribution in [1.29, 1.82) is 0 Å². The lowest BCUT2D eigenvalue weighted by molar-refractivity contribution is 0.277. The van der Waals surface area contributed by atoms with Crippen LogP contribution in [0.3, 0.4) is 0 Å². The van der Waals surface area contributed by atoms with Crippen molar-refractivity contribution >= 4 is 5.69 Å². The molecule has 1 aromatic rings. The topological polar surface area (TPSA) is 43.7 Å². The van der Waals surface area contributed by atoms with E-state index in [4.69, 9.17) is 5.11 Å². The number of likely N-dealkylation sites (N-methyl/N-ethyl adjacent to an activating group) is 1. The molecule has 0 aromatic heterocycles. The highest BCUT2D eigenvalue weighted by Crippen LogP contribution is 2.42. The summed E-state index contributed by atoms with van der Waals surface area (Å²) in [5.41, 5.74) is 2.13. The molecule has 0 fully saturated rings. The van der Waals surface area contributed by atoms with Crippen LogP contribution in [0.2, 0.25) is 0 Å². The molecule has 0 saturated heterocycles. The zero-order chi connectivity index (χ0) is 10.8. The molecule has 1 heterocycles. The highest BCUT2D eigenvalue weighted by atomic mass is 16.3. The quantitative estimate of drug-likeness (QED) is 0.792. The van der Waals surface area contributed by atoms with E-state index in [-0.39, 0.29) is 12.5 Å². The van der Waals surface area contributed by atoms with Crippen LogP contribution in [0.25, 0.3) is 0 Å². The van der Waals surface area contributed by atoms with E-state index in [0.717, 1.165) is 30.8 Å². The second kappa shape index (κ2) is 4.11. The van der Waals surface area contributed by atoms with Gasteiger partial charge >= 0.3 is 0 Å². The van der Waals surface area contributed by atoms with Crippen LogP contribution in [-0.4, -0.2) is 29.9 Å². The summed E-state index contributed by atoms with van der Waals surface area (Å²) in [5.74, 6) is 0.632. The summed E-state index contributed by atoms with van der Waals surface area (Å²) in [7, 11) is 0. The van der Waals surface area contributed by atoms with Gasteiger partial charge < -0.3 is 15.1 Å². The van der Waals surface area contributed by atoms with Gasteiger partial charge in [0.2, 0.25) is 0 Å². The monoisotopic (exact) mass is 207 g/mol. The van der Waals surface area contributed by atoms with Crippen LogP contribution in [0, 0.1) is 0 Å². The smallest absolute Gasteiger partial charge is 0.121 e. The number of fused-ring (bicyclic) bond motifs is 1. The van der Waals surface area contributed by atoms with E-state index < -0.39 is 0 Å². The Bertz CT molecular complexity index is 351. The van der Waals surface area contributed by atoms with E-state index >= 15 is 0 Å². The zero-order valence-corrected chi connectivity index (χ0v) is 8.98. The van der Waals surface area contributed by atoms with E-state index in [0.29, 0.717) is 5.75 Å². The number of phenols is 1. The Balaban J connectivity index is 2.39. The summed E-state index contributed by atoms with van der Waals surface area (Å²) in [5, 5.41) is 18.8. The third-order valence-electron chi connectivity index (χ3n) is 3.11. The first-order valence-corrected chi connectivity index (χ1v) is 5.45. The van der Waals surface area contributed by atoms with Crippen molar-refractivity contribution < 1.29 is 10.2 Å². The van der Waals surface area contributed by atoms with Crippen LogP contribution < -0.4 is 4.90 Å². The van der Waals surface area contributed by atoms with Gasteiger partial charge in [0.25, 0.3) is 0 Å². The number of hydrogen-bond donors (Lipinski definition) is 2. The van der Waals surface area contributed by atoms with Crippen molar-refractivity contribution in [3.8, 4) is 5.75 Å². The number of aliphatic hydroxyl groups is 1. The number of aliphatic hydroxyl groups excluding tert-OH is 1. The summed E-state index contributed by atoms with van der Waals surface area (Å²) in [6, 6.07) is 5.64. The fourth-order valence-corrected chi connectivity index (χ4v) is 2.38. The fraction of sp³-hybridized carbons (Fsp3) is 0.500. The van der Waals surface area contributed by atoms with Crippen LogP contribution in [0.1, 0.15) is 24.8 Å². The van der Waals surface area contributed by atoms with Crippen LogP contribution in [0.5, 0.6) is 5.75 Å². The molecule has 1 aromatic carbocycles. The second-order valence-corrected chi connectivity index (χ2v) is 3.96. The van der Waals surface area contributed by atoms with Crippen molar-refractivity contribution in [3.63, 3.8) is 0 Å². The molecule has 1 aliphatic rings. The van der Waals surface area contributed by atoms with Gasteiger partial charge in [0.15, 0.2) is 0 Å². The first-order chi connectivity index (χ1) is 7.27. The normalized spacial score (nSPS) is 19.3. The van der Waals surface area contributed by atoms with E-state index in [1.165, 1.54) is 0 Å². The maximum atomic E-state index is 9.83. The standard InChI is InChI=1S/C12H17NO2/c1-2-13-8-9(6-7-14)12-10(13)4-3-5-11(12)15/h3-5,9,14-15H,2,6-8H2,1H3. The highest BCUT2D eigenvalue weighted by Gasteiger charge is 2.29. The molecule has 0 aliphatic carbocycles. The molecule has 0 spiro atoms. The van der Waals surface area contributed by atoms with E-state index in [1.807, 2.05) is 12.1 Å². The average Bonchev–Trinajstić information content (AvgIpc) is 2.59. The summed E-state index contributed by atoms with van der Waals surface area (Å²) < 4.78 is 0. The number of rotatable bonds is 3. The minimum Gasteiger partial charge on any atom is -0.508 e. The third-order valence-corrected chi connectivity index (χ3v) is 3.11. The van der Waals surface area contributed by atoms with Crippen molar-refractivity contribution in [2.24, 2.45) is 0 Å². The Morgan fingerprint density at radius 2 is 2.27 bits per heavy atom. The molecular weight excluding hydrogens is 190 g/mol. The summed E-state index contributed by atoms with van der Waals surface area (Å²) in [6.45, 7) is 4.13. The molecule has 0 amide bonds. The van der Waals surface area contributed by atoms with Gasteiger partial charge in [0.05, 0.1) is 0 Å². The maximum absolute atomic E-state index is 9.83. The van der Waals surface area contributed by atoms with E-state index in [9.17, 15) is 5.11 Å². The number of anilines is 1. The molecule has 3 nitrogen and oxygen atoms in total. The molecule has 0 bridgehead atoms. The third kappa shape index (κ3) is 1.67. The second-order valence-electron chi connectivity index (χ2n) is 3.96. The largest absolute Gasteiger partial charge is 0.508 e. The SMILES string of the molecule is CCN1CC(CCO)c2c(O)cccc21. The van der Waals surface area contributed by atoms with Gasteiger partial charge in [-0.25, -0.2) is 0 Å². The van der Waals surface area contributed by atoms with Crippen LogP contribution in [0.15, 0.2) is 18.2 Å². The lowest BCUT2D eigenvalue weighted by atomic mass is 9.97. The molecule has 1 aliphatic heterocycles. The number of hydrogen-bond acceptors (Lipinski definition) is 3. The predicted molar refractivity (Wildman–Crippen MR) is 60.4 cm³/mol. The van der Waals surface area contributed by atoms with Crippen molar-refractivity contribution in [3.05, 3.63) is 23.8 Å². The molecule has 82 valence electrons. The van der Waals surface area contributed by atoms with E-state index in [1.54, 1.807) is 6.07 Å². The van der Waals surface area contributed by atoms with E-state index in [2.05, 4.69) is 11.8 Å². The predicted octanol–water partition coefficient (Wildman–Crippen LogP) is 1.70. The van der Waals surface area contributed by atoms with Gasteiger partial charge in [-0.15, -0.1) is 0 Å². The highest BCUT2D eigenvalue weighted by molar-refractivity contribution is 5.64. The summed E-state index contributed by atoms with van der Waals surface area (Å²) >= 11 is 0. The molecule has 0 saturated carbocycles. The molecule has 2 rings (SSSR count). The number of nitrogens with zero attached hydrogens (tertiary/aromatic N) is 1. The summed E-state index contributed by atoms with van der Waals surface area (Å²) in [4.78, 5) is 2.25. The van der Waals surface area contributed by atoms with Crippen molar-refractivity contribution in [2.45, 2.75) is 19.3 Å². The van der Waals surface area contributed by atoms with Gasteiger partial charge in [0.1, 0.15) is 5.75 Å². The van der Waals surface area contributed by atoms with Gasteiger partial charge in [-0.2, -0.15) is 0 Å². The van der Waals surface area contributed by atoms with Gasteiger partial charge in [0, 0.05) is 36.9 Å². The van der Waals surface area contributed by atoms with Gasteiger partial charge in [-0.05, 0) is 25.5 Å². The average molecular weight is 207 g/mol. The molecule has 1 unspecified atom stereocenters. The van der Waals surface area contributed by atoms with Crippen LogP contribution >= 0.6 is 0 Å². The lowest BCUT2D eigenvalue weighted by Gasteiger charge is -2.16. The first-order valence-electron chi connectivity index (χ1n) is 5.45. The van der Waals surface area contributed by atoms with Crippen LogP contribution in [-0.2, 0) is 0 Å². The minimum absolute atomic E-state index is 0.177. The number of benzene rings is 1. The molecule has 3 heteroatoms. The first kappa shape index (κ1) is 10.3. The number of phenolic OH excluding ortho intramolecular Hbond substituents is 1. The Kier molecular flexibility index (Phi) is 2.82. The van der Waals surface area contributed by atoms with Gasteiger partial charge in [-0.1, -0.05) is 6.07 Å². The Morgan fingerprint density at radius 3 is 2.93 bits per heavy atom. The Labute approximate surface area is 90.0 Å². The summed E-state index contributed by atoms with van der Waals surface area (Å²) in [6.07, 6.45) is 0.723. The van der Waals surface area contributed by atoms with Crippen molar-refractivity contribution in [2.75, 3.05) is 24.6 Å². The fourth-order valence-electron chi connectivity index (χ4n) is 2.38. The Morgan fingerprint density at radius 1 is 1.47 bits per heavy atom. The maximum Gasteiger partial charge on any atom is 0.121 e. The zero-order valence-electron chi connectivity index (χ0n) is 8.98. The molecule has 0 radical (unpaired) electrons. The number of aromatic hydroxyl groups is 1. The molecule has 1 atom stereocenters. The van der Waals surface area contributed by atoms with Gasteiger partial charge in [-0.3, -0.25) is 0 Å². The Hall–Kier alpha value is -1.22. The molecule has 2 N–H and O–H groups in total. The van der Waals surface area contributed by atoms with Crippen LogP contribution in [0.4, 0.5) is 5.69 Å². The molecular formula is C12H17NO2.